The van der Waals surface area contributed by atoms with Gasteiger partial charge in [0.05, 0.1) is 6.10 Å². The van der Waals surface area contributed by atoms with Gasteiger partial charge in [0, 0.05) is 19.6 Å². The first-order valence-electron chi connectivity index (χ1n) is 6.04. The van der Waals surface area contributed by atoms with Gasteiger partial charge >= 0.3 is 5.97 Å². The molecule has 0 aliphatic heterocycles. The lowest BCUT2D eigenvalue weighted by Crippen LogP contribution is -2.32. The van der Waals surface area contributed by atoms with Crippen LogP contribution in [0.25, 0.3) is 0 Å². The maximum absolute atomic E-state index is 11.4. The summed E-state index contributed by atoms with van der Waals surface area (Å²) in [5.74, 6) is -0.312. The van der Waals surface area contributed by atoms with Crippen LogP contribution in [0.4, 0.5) is 0 Å². The van der Waals surface area contributed by atoms with Gasteiger partial charge in [-0.3, -0.25) is 0 Å². The summed E-state index contributed by atoms with van der Waals surface area (Å²) in [6.07, 6.45) is 7.32. The summed E-state index contributed by atoms with van der Waals surface area (Å²) in [6, 6.07) is 0. The number of hydrogen-bond acceptors (Lipinski definition) is 3. The molecule has 2 atom stereocenters. The Hall–Kier alpha value is -0.830. The third-order valence-electron chi connectivity index (χ3n) is 3.32. The van der Waals surface area contributed by atoms with Gasteiger partial charge in [0.2, 0.25) is 0 Å². The van der Waals surface area contributed by atoms with E-state index in [1.807, 2.05) is 0 Å². The first kappa shape index (κ1) is 13.2. The summed E-state index contributed by atoms with van der Waals surface area (Å²) in [6.45, 7) is 5.59. The van der Waals surface area contributed by atoms with Crippen molar-refractivity contribution in [3.8, 4) is 0 Å². The number of methoxy groups -OCH3 is 1. The van der Waals surface area contributed by atoms with Gasteiger partial charge in [-0.2, -0.15) is 0 Å². The monoisotopic (exact) mass is 226 g/mol. The third kappa shape index (κ3) is 3.34. The Kier molecular flexibility index (Phi) is 5.00. The highest BCUT2D eigenvalue weighted by atomic mass is 16.6. The van der Waals surface area contributed by atoms with Crippen molar-refractivity contribution < 1.29 is 14.3 Å². The molecule has 0 heterocycles. The summed E-state index contributed by atoms with van der Waals surface area (Å²) in [7, 11) is 1.72. The molecular weight excluding hydrogens is 204 g/mol. The summed E-state index contributed by atoms with van der Waals surface area (Å²) >= 11 is 0. The smallest absolute Gasteiger partial charge is 0.330 e. The van der Waals surface area contributed by atoms with E-state index >= 15 is 0 Å². The molecule has 1 fully saturated rings. The molecule has 0 aromatic carbocycles. The van der Waals surface area contributed by atoms with E-state index in [-0.39, 0.29) is 17.7 Å². The summed E-state index contributed by atoms with van der Waals surface area (Å²) in [5.41, 5.74) is -0.304. The summed E-state index contributed by atoms with van der Waals surface area (Å²) in [4.78, 5) is 11.4. The molecule has 0 saturated heterocycles. The van der Waals surface area contributed by atoms with Crippen molar-refractivity contribution in [2.75, 3.05) is 7.11 Å². The zero-order valence-corrected chi connectivity index (χ0v) is 10.3. The summed E-state index contributed by atoms with van der Waals surface area (Å²) < 4.78 is 10.9. The van der Waals surface area contributed by atoms with Crippen LogP contribution in [-0.4, -0.2) is 24.8 Å². The lowest BCUT2D eigenvalue weighted by Gasteiger charge is -2.28. The molecule has 0 bridgehead atoms. The molecule has 1 rings (SSSR count). The van der Waals surface area contributed by atoms with E-state index in [9.17, 15) is 4.79 Å². The molecule has 2 unspecified atom stereocenters. The summed E-state index contributed by atoms with van der Waals surface area (Å²) in [5, 5.41) is 0. The van der Waals surface area contributed by atoms with Gasteiger partial charge in [0.25, 0.3) is 0 Å². The van der Waals surface area contributed by atoms with E-state index in [0.29, 0.717) is 0 Å². The minimum absolute atomic E-state index is 0.231. The van der Waals surface area contributed by atoms with E-state index in [0.717, 1.165) is 38.5 Å². The number of unbranched alkanes of at least 4 members (excludes halogenated alkanes) is 1. The van der Waals surface area contributed by atoms with Crippen LogP contribution >= 0.6 is 0 Å². The average Bonchev–Trinajstić information content (AvgIpc) is 2.70. The Bertz CT molecular complexity index is 250. The van der Waals surface area contributed by atoms with Crippen molar-refractivity contribution >= 4 is 5.97 Å². The minimum Gasteiger partial charge on any atom is -0.456 e. The lowest BCUT2D eigenvalue weighted by molar-refractivity contribution is -0.154. The Morgan fingerprint density at radius 2 is 2.38 bits per heavy atom. The number of rotatable bonds is 6. The fourth-order valence-corrected chi connectivity index (χ4v) is 2.37. The van der Waals surface area contributed by atoms with Crippen LogP contribution in [0, 0.1) is 0 Å². The van der Waals surface area contributed by atoms with Gasteiger partial charge in [-0.1, -0.05) is 19.9 Å². The second kappa shape index (κ2) is 6.04. The molecule has 1 saturated carbocycles. The normalized spacial score (nSPS) is 29.0. The van der Waals surface area contributed by atoms with Crippen LogP contribution in [0.5, 0.6) is 0 Å². The van der Waals surface area contributed by atoms with Crippen LogP contribution in [0.2, 0.25) is 0 Å². The average molecular weight is 226 g/mol. The molecule has 0 aromatic rings. The van der Waals surface area contributed by atoms with E-state index in [4.69, 9.17) is 9.47 Å². The van der Waals surface area contributed by atoms with E-state index in [1.165, 1.54) is 6.08 Å². The molecule has 1 aliphatic carbocycles. The maximum Gasteiger partial charge on any atom is 0.330 e. The van der Waals surface area contributed by atoms with Gasteiger partial charge < -0.3 is 9.47 Å². The number of carbonyl (C=O) groups excluding carboxylic acids is 1. The minimum atomic E-state index is -0.312. The first-order chi connectivity index (χ1) is 7.65. The van der Waals surface area contributed by atoms with Crippen molar-refractivity contribution in [2.45, 2.75) is 57.2 Å². The molecular formula is C13H22O3. The first-order valence-corrected chi connectivity index (χ1v) is 6.04. The zero-order chi connectivity index (χ0) is 12.0. The van der Waals surface area contributed by atoms with Crippen molar-refractivity contribution in [1.82, 2.24) is 0 Å². The number of hydrogen-bond donors (Lipinski definition) is 0. The molecule has 3 nitrogen and oxygen atoms in total. The highest BCUT2D eigenvalue weighted by Gasteiger charge is 2.41. The number of carbonyl (C=O) groups is 1. The quantitative estimate of drug-likeness (QED) is 0.516. The second-order valence-electron chi connectivity index (χ2n) is 4.51. The fourth-order valence-electron chi connectivity index (χ4n) is 2.37. The Labute approximate surface area is 97.8 Å². The van der Waals surface area contributed by atoms with Gasteiger partial charge in [-0.15, -0.1) is 0 Å². The maximum atomic E-state index is 11.4. The lowest BCUT2D eigenvalue weighted by atomic mass is 9.94. The van der Waals surface area contributed by atoms with Gasteiger partial charge in [0.15, 0.2) is 0 Å². The predicted octanol–water partition coefficient (Wildman–Crippen LogP) is 2.84. The van der Waals surface area contributed by atoms with E-state index < -0.39 is 0 Å². The van der Waals surface area contributed by atoms with Gasteiger partial charge in [-0.25, -0.2) is 4.79 Å². The molecule has 0 N–H and O–H groups in total. The Balaban J connectivity index is 2.62. The van der Waals surface area contributed by atoms with E-state index in [2.05, 4.69) is 13.5 Å². The van der Waals surface area contributed by atoms with Crippen molar-refractivity contribution in [3.05, 3.63) is 12.7 Å². The molecule has 0 spiro atoms. The van der Waals surface area contributed by atoms with Crippen LogP contribution in [-0.2, 0) is 14.3 Å². The zero-order valence-electron chi connectivity index (χ0n) is 10.3. The third-order valence-corrected chi connectivity index (χ3v) is 3.32. The van der Waals surface area contributed by atoms with Crippen LogP contribution in [0.1, 0.15) is 45.4 Å². The van der Waals surface area contributed by atoms with Gasteiger partial charge in [-0.05, 0) is 25.7 Å². The molecule has 1 aliphatic rings. The fraction of sp³-hybridized carbons (Fsp3) is 0.769. The van der Waals surface area contributed by atoms with Crippen molar-refractivity contribution in [1.29, 1.82) is 0 Å². The van der Waals surface area contributed by atoms with Crippen molar-refractivity contribution in [3.63, 3.8) is 0 Å². The Morgan fingerprint density at radius 1 is 1.62 bits per heavy atom. The van der Waals surface area contributed by atoms with Gasteiger partial charge in [0.1, 0.15) is 5.60 Å². The molecule has 16 heavy (non-hydrogen) atoms. The van der Waals surface area contributed by atoms with Crippen LogP contribution < -0.4 is 0 Å². The SMILES string of the molecule is C=CC(=O)OC1(CCCC)CCC(OC)C1. The van der Waals surface area contributed by atoms with Crippen LogP contribution in [0.3, 0.4) is 0 Å². The number of esters is 1. The van der Waals surface area contributed by atoms with Crippen molar-refractivity contribution in [2.24, 2.45) is 0 Å². The molecule has 0 aromatic heterocycles. The molecule has 92 valence electrons. The predicted molar refractivity (Wildman–Crippen MR) is 63.2 cm³/mol. The second-order valence-corrected chi connectivity index (χ2v) is 4.51. The highest BCUT2D eigenvalue weighted by Crippen LogP contribution is 2.39. The molecule has 3 heteroatoms. The highest BCUT2D eigenvalue weighted by molar-refractivity contribution is 5.81. The standard InChI is InChI=1S/C13H22O3/c1-4-6-8-13(16-12(14)5-2)9-7-11(10-13)15-3/h5,11H,2,4,6-10H2,1,3H3. The molecule has 0 radical (unpaired) electrons. The largest absolute Gasteiger partial charge is 0.456 e. The topological polar surface area (TPSA) is 35.5 Å². The number of ether oxygens (including phenoxy) is 2. The molecule has 0 amide bonds. The van der Waals surface area contributed by atoms with Crippen LogP contribution in [0.15, 0.2) is 12.7 Å². The van der Waals surface area contributed by atoms with E-state index in [1.54, 1.807) is 7.11 Å². The Morgan fingerprint density at radius 3 is 2.88 bits per heavy atom.